The van der Waals surface area contributed by atoms with Crippen LogP contribution in [0, 0.1) is 5.82 Å². The highest BCUT2D eigenvalue weighted by Crippen LogP contribution is 2.31. The number of rotatable bonds is 5. The largest absolute Gasteiger partial charge is 0.452 e. The highest BCUT2D eigenvalue weighted by Gasteiger charge is 2.13. The summed E-state index contributed by atoms with van der Waals surface area (Å²) < 4.78 is 18.8. The van der Waals surface area contributed by atoms with Crippen molar-refractivity contribution < 1.29 is 9.13 Å². The fourth-order valence-electron chi connectivity index (χ4n) is 1.76. The van der Waals surface area contributed by atoms with E-state index in [0.29, 0.717) is 18.0 Å². The second-order valence-corrected chi connectivity index (χ2v) is 5.31. The van der Waals surface area contributed by atoms with Crippen LogP contribution in [0.4, 0.5) is 4.39 Å². The Morgan fingerprint density at radius 1 is 1.33 bits per heavy atom. The van der Waals surface area contributed by atoms with E-state index in [1.165, 1.54) is 18.2 Å². The van der Waals surface area contributed by atoms with Gasteiger partial charge in [0.05, 0.1) is 11.2 Å². The SMILES string of the molecule is CNCc1nc(C(C)C)ncc1Oc1ccc(F)cc1Cl. The first-order valence-corrected chi connectivity index (χ1v) is 7.02. The molecule has 1 heterocycles. The molecule has 0 saturated heterocycles. The third-order valence-corrected chi connectivity index (χ3v) is 3.12. The van der Waals surface area contributed by atoms with Crippen LogP contribution in [0.3, 0.4) is 0 Å². The van der Waals surface area contributed by atoms with E-state index in [1.807, 2.05) is 20.9 Å². The lowest BCUT2D eigenvalue weighted by atomic mass is 10.2. The first kappa shape index (κ1) is 15.7. The van der Waals surface area contributed by atoms with Crippen molar-refractivity contribution in [2.45, 2.75) is 26.3 Å². The van der Waals surface area contributed by atoms with Gasteiger partial charge in [-0.25, -0.2) is 14.4 Å². The van der Waals surface area contributed by atoms with Crippen molar-refractivity contribution in [3.05, 3.63) is 46.8 Å². The topological polar surface area (TPSA) is 47.0 Å². The molecule has 0 aliphatic rings. The van der Waals surface area contributed by atoms with Crippen molar-refractivity contribution >= 4 is 11.6 Å². The summed E-state index contributed by atoms with van der Waals surface area (Å²) in [6.45, 7) is 4.59. The molecule has 112 valence electrons. The van der Waals surface area contributed by atoms with E-state index in [9.17, 15) is 4.39 Å². The van der Waals surface area contributed by atoms with E-state index < -0.39 is 5.82 Å². The molecule has 6 heteroatoms. The van der Waals surface area contributed by atoms with Crippen LogP contribution in [0.1, 0.15) is 31.3 Å². The zero-order valence-electron chi connectivity index (χ0n) is 12.2. The van der Waals surface area contributed by atoms with Crippen LogP contribution in [0.2, 0.25) is 5.02 Å². The van der Waals surface area contributed by atoms with E-state index in [0.717, 1.165) is 11.5 Å². The van der Waals surface area contributed by atoms with Crippen molar-refractivity contribution in [3.8, 4) is 11.5 Å². The maximum atomic E-state index is 13.1. The molecule has 1 aromatic carbocycles. The van der Waals surface area contributed by atoms with Crippen LogP contribution in [-0.2, 0) is 6.54 Å². The Bertz CT molecular complexity index is 634. The van der Waals surface area contributed by atoms with Crippen molar-refractivity contribution in [1.82, 2.24) is 15.3 Å². The van der Waals surface area contributed by atoms with Crippen LogP contribution < -0.4 is 10.1 Å². The summed E-state index contributed by atoms with van der Waals surface area (Å²) in [6, 6.07) is 3.98. The van der Waals surface area contributed by atoms with E-state index in [1.54, 1.807) is 6.20 Å². The van der Waals surface area contributed by atoms with Gasteiger partial charge in [0, 0.05) is 12.5 Å². The van der Waals surface area contributed by atoms with Crippen LogP contribution in [0.25, 0.3) is 0 Å². The lowest BCUT2D eigenvalue weighted by molar-refractivity contribution is 0.463. The Morgan fingerprint density at radius 3 is 2.71 bits per heavy atom. The quantitative estimate of drug-likeness (QED) is 0.910. The number of hydrogen-bond donors (Lipinski definition) is 1. The summed E-state index contributed by atoms with van der Waals surface area (Å²) in [7, 11) is 1.83. The second-order valence-electron chi connectivity index (χ2n) is 4.90. The van der Waals surface area contributed by atoms with Gasteiger partial charge in [0.2, 0.25) is 0 Å². The molecular formula is C15H17ClFN3O. The molecule has 0 aliphatic carbocycles. The number of ether oxygens (including phenoxy) is 1. The van der Waals surface area contributed by atoms with Gasteiger partial charge in [0.25, 0.3) is 0 Å². The highest BCUT2D eigenvalue weighted by atomic mass is 35.5. The second kappa shape index (κ2) is 6.83. The average Bonchev–Trinajstić information content (AvgIpc) is 2.43. The fraction of sp³-hybridized carbons (Fsp3) is 0.333. The van der Waals surface area contributed by atoms with Crippen LogP contribution in [-0.4, -0.2) is 17.0 Å². The Labute approximate surface area is 128 Å². The van der Waals surface area contributed by atoms with E-state index in [2.05, 4.69) is 15.3 Å². The van der Waals surface area contributed by atoms with E-state index >= 15 is 0 Å². The molecule has 21 heavy (non-hydrogen) atoms. The molecule has 4 nitrogen and oxygen atoms in total. The van der Waals surface area contributed by atoms with Crippen molar-refractivity contribution in [3.63, 3.8) is 0 Å². The molecule has 0 spiro atoms. The average molecular weight is 310 g/mol. The predicted molar refractivity (Wildman–Crippen MR) is 80.4 cm³/mol. The van der Waals surface area contributed by atoms with Crippen molar-refractivity contribution in [2.24, 2.45) is 0 Å². The summed E-state index contributed by atoms with van der Waals surface area (Å²) in [6.07, 6.45) is 1.62. The Morgan fingerprint density at radius 2 is 2.10 bits per heavy atom. The van der Waals surface area contributed by atoms with Gasteiger partial charge in [-0.05, 0) is 25.2 Å². The molecule has 0 atom stereocenters. The molecule has 0 saturated carbocycles. The first-order chi connectivity index (χ1) is 10.0. The molecule has 0 radical (unpaired) electrons. The lowest BCUT2D eigenvalue weighted by Gasteiger charge is -2.13. The summed E-state index contributed by atoms with van der Waals surface area (Å²) in [5.41, 5.74) is 0.733. The monoisotopic (exact) mass is 309 g/mol. The number of benzene rings is 1. The summed E-state index contributed by atoms with van der Waals surface area (Å²) in [5, 5.41) is 3.24. The maximum Gasteiger partial charge on any atom is 0.168 e. The fourth-order valence-corrected chi connectivity index (χ4v) is 1.96. The zero-order chi connectivity index (χ0) is 15.4. The molecule has 0 fully saturated rings. The molecular weight excluding hydrogens is 293 g/mol. The number of halogens is 2. The molecule has 2 rings (SSSR count). The Balaban J connectivity index is 2.34. The molecule has 1 aromatic heterocycles. The maximum absolute atomic E-state index is 13.1. The normalized spacial score (nSPS) is 11.0. The van der Waals surface area contributed by atoms with Gasteiger partial charge in [-0.15, -0.1) is 0 Å². The van der Waals surface area contributed by atoms with Crippen LogP contribution in [0.5, 0.6) is 11.5 Å². The molecule has 1 N–H and O–H groups in total. The molecule has 0 unspecified atom stereocenters. The van der Waals surface area contributed by atoms with Gasteiger partial charge in [0.15, 0.2) is 5.75 Å². The molecule has 2 aromatic rings. The number of aromatic nitrogens is 2. The summed E-state index contributed by atoms with van der Waals surface area (Å²) in [4.78, 5) is 8.77. The van der Waals surface area contributed by atoms with Crippen molar-refractivity contribution in [2.75, 3.05) is 7.05 Å². The van der Waals surface area contributed by atoms with Crippen LogP contribution >= 0.6 is 11.6 Å². The third-order valence-electron chi connectivity index (χ3n) is 2.82. The van der Waals surface area contributed by atoms with E-state index in [4.69, 9.17) is 16.3 Å². The molecule has 0 aliphatic heterocycles. The minimum absolute atomic E-state index is 0.207. The van der Waals surface area contributed by atoms with Crippen LogP contribution in [0.15, 0.2) is 24.4 Å². The lowest BCUT2D eigenvalue weighted by Crippen LogP contribution is -2.11. The first-order valence-electron chi connectivity index (χ1n) is 6.64. The number of nitrogens with one attached hydrogen (secondary N) is 1. The minimum Gasteiger partial charge on any atom is -0.452 e. The smallest absolute Gasteiger partial charge is 0.168 e. The van der Waals surface area contributed by atoms with Gasteiger partial charge in [-0.2, -0.15) is 0 Å². The van der Waals surface area contributed by atoms with E-state index in [-0.39, 0.29) is 10.9 Å². The van der Waals surface area contributed by atoms with Crippen molar-refractivity contribution in [1.29, 1.82) is 0 Å². The summed E-state index contributed by atoms with van der Waals surface area (Å²) in [5.74, 6) is 1.44. The zero-order valence-corrected chi connectivity index (χ0v) is 12.9. The van der Waals surface area contributed by atoms with Gasteiger partial charge in [0.1, 0.15) is 23.1 Å². The van der Waals surface area contributed by atoms with Gasteiger partial charge in [-0.3, -0.25) is 0 Å². The summed E-state index contributed by atoms with van der Waals surface area (Å²) >= 11 is 5.97. The van der Waals surface area contributed by atoms with Gasteiger partial charge < -0.3 is 10.1 Å². The number of hydrogen-bond acceptors (Lipinski definition) is 4. The predicted octanol–water partition coefficient (Wildman–Crippen LogP) is 3.90. The Hall–Kier alpha value is -1.72. The van der Waals surface area contributed by atoms with Gasteiger partial charge in [-0.1, -0.05) is 25.4 Å². The molecule has 0 bridgehead atoms. The highest BCUT2D eigenvalue weighted by molar-refractivity contribution is 6.32. The standard InChI is InChI=1S/C15H17ClFN3O/c1-9(2)15-19-8-14(12(20-15)7-18-3)21-13-5-4-10(17)6-11(13)16/h4-6,8-9,18H,7H2,1-3H3. The molecule has 0 amide bonds. The third kappa shape index (κ3) is 3.89. The van der Waals surface area contributed by atoms with Gasteiger partial charge >= 0.3 is 0 Å². The Kier molecular flexibility index (Phi) is 5.09. The minimum atomic E-state index is -0.408. The number of nitrogens with zero attached hydrogens (tertiary/aromatic N) is 2.